The van der Waals surface area contributed by atoms with Gasteiger partial charge in [0.25, 0.3) is 0 Å². The summed E-state index contributed by atoms with van der Waals surface area (Å²) in [5.74, 6) is 0.764. The first-order valence-corrected chi connectivity index (χ1v) is 5.65. The third-order valence-corrected chi connectivity index (χ3v) is 1.34. The van der Waals surface area contributed by atoms with Gasteiger partial charge in [-0.2, -0.15) is 0 Å². The fourth-order valence-electron chi connectivity index (χ4n) is 0. The Hall–Kier alpha value is -0.220. The van der Waals surface area contributed by atoms with Crippen LogP contribution < -0.4 is 19.6 Å². The van der Waals surface area contributed by atoms with Crippen molar-refractivity contribution in [2.75, 3.05) is 0 Å². The molecule has 0 radical (unpaired) electrons. The molecule has 0 aromatic rings. The average molecular weight is 260 g/mol. The van der Waals surface area contributed by atoms with Crippen LogP contribution in [-0.2, 0) is 9.13 Å². The Morgan fingerprint density at radius 2 is 0.800 bits per heavy atom. The molecule has 0 atom stereocenters. The lowest BCUT2D eigenvalue weighted by Crippen LogP contribution is -2.09. The topological polar surface area (TPSA) is 126 Å². The second kappa shape index (κ2) is 11.9. The highest BCUT2D eigenvalue weighted by atomic mass is 31.2. The van der Waals surface area contributed by atoms with Crippen LogP contribution in [0.4, 0.5) is 0 Å². The first kappa shape index (κ1) is 29.3. The Balaban J connectivity index is -0.0000000370. The molecule has 0 aromatic carbocycles. The van der Waals surface area contributed by atoms with Gasteiger partial charge in [-0.1, -0.05) is 47.1 Å². The molecule has 0 fully saturated rings. The highest BCUT2D eigenvalue weighted by molar-refractivity contribution is 7.52. The molecule has 8 heteroatoms. The van der Waals surface area contributed by atoms with Crippen LogP contribution >= 0.6 is 15.2 Å². The molecule has 0 spiro atoms. The Kier molecular flexibility index (Phi) is 23.2. The molecular formula is C7H18O6P2-4. The van der Waals surface area contributed by atoms with Crippen LogP contribution in [0.15, 0.2) is 24.8 Å². The predicted molar refractivity (Wildman–Crippen MR) is 55.8 cm³/mol. The van der Waals surface area contributed by atoms with E-state index < -0.39 is 15.2 Å². The van der Waals surface area contributed by atoms with Crippen molar-refractivity contribution < 1.29 is 28.7 Å². The highest BCUT2D eigenvalue weighted by Crippen LogP contribution is 2.22. The summed E-state index contributed by atoms with van der Waals surface area (Å²) in [4.78, 5) is 37.4. The molecule has 96 valence electrons. The third kappa shape index (κ3) is 57.2. The molecule has 15 heavy (non-hydrogen) atoms. The van der Waals surface area contributed by atoms with Gasteiger partial charge in [0.2, 0.25) is 0 Å². The lowest BCUT2D eigenvalue weighted by molar-refractivity contribution is -0.310. The molecule has 0 aliphatic rings. The quantitative estimate of drug-likeness (QED) is 0.643. The standard InChI is InChI=1S/2C2H5O3P.3CH4/c2*1-2-6(3,4)5;;;/h2*2H,1H2,(H2,3,4,5);3*1H4/p-4. The molecule has 0 rings (SSSR count). The summed E-state index contributed by atoms with van der Waals surface area (Å²) >= 11 is 0. The van der Waals surface area contributed by atoms with Crippen LogP contribution in [0.3, 0.4) is 0 Å². The first-order valence-electron chi connectivity index (χ1n) is 2.43. The van der Waals surface area contributed by atoms with Gasteiger partial charge >= 0.3 is 0 Å². The van der Waals surface area contributed by atoms with E-state index in [9.17, 15) is 28.7 Å². The maximum atomic E-state index is 9.35. The van der Waals surface area contributed by atoms with Crippen LogP contribution in [0, 0.1) is 0 Å². The van der Waals surface area contributed by atoms with Crippen LogP contribution in [0.2, 0.25) is 0 Å². The van der Waals surface area contributed by atoms with E-state index in [0.717, 1.165) is 0 Å². The molecule has 0 saturated carbocycles. The minimum absolute atomic E-state index is 0. The van der Waals surface area contributed by atoms with Crippen molar-refractivity contribution in [1.82, 2.24) is 0 Å². The largest absolute Gasteiger partial charge is 0.808 e. The van der Waals surface area contributed by atoms with Gasteiger partial charge in [-0.05, 0) is 15.2 Å². The van der Waals surface area contributed by atoms with E-state index in [4.69, 9.17) is 0 Å². The molecule has 0 heterocycles. The van der Waals surface area contributed by atoms with E-state index in [-0.39, 0.29) is 22.3 Å². The second-order valence-corrected chi connectivity index (χ2v) is 4.33. The minimum Gasteiger partial charge on any atom is -0.808 e. The summed E-state index contributed by atoms with van der Waals surface area (Å²) in [6, 6.07) is 0. The molecule has 0 unspecified atom stereocenters. The Morgan fingerprint density at radius 3 is 0.800 bits per heavy atom. The van der Waals surface area contributed by atoms with E-state index >= 15 is 0 Å². The zero-order valence-corrected chi connectivity index (χ0v) is 7.70. The maximum Gasteiger partial charge on any atom is -0.0454 e. The van der Waals surface area contributed by atoms with Crippen molar-refractivity contribution in [2.24, 2.45) is 0 Å². The first-order chi connectivity index (χ1) is 5.12. The molecule has 0 saturated heterocycles. The summed E-state index contributed by atoms with van der Waals surface area (Å²) < 4.78 is 18.7. The van der Waals surface area contributed by atoms with Crippen LogP contribution in [0.25, 0.3) is 0 Å². The zero-order chi connectivity index (χ0) is 10.4. The molecule has 0 N–H and O–H groups in total. The molecule has 6 nitrogen and oxygen atoms in total. The summed E-state index contributed by atoms with van der Waals surface area (Å²) in [7, 11) is -8.77. The number of rotatable bonds is 2. The summed E-state index contributed by atoms with van der Waals surface area (Å²) in [6.07, 6.45) is 0. The van der Waals surface area contributed by atoms with E-state index in [1.165, 1.54) is 0 Å². The van der Waals surface area contributed by atoms with Gasteiger partial charge < -0.3 is 28.7 Å². The molecule has 0 amide bonds. The Bertz CT molecular complexity index is 212. The fraction of sp³-hybridized carbons (Fsp3) is 0.429. The summed E-state index contributed by atoms with van der Waals surface area (Å²) in [6.45, 7) is 5.49. The van der Waals surface area contributed by atoms with E-state index in [1.54, 1.807) is 0 Å². The normalized spacial score (nSPS) is 8.80. The fourth-order valence-corrected chi connectivity index (χ4v) is 0. The smallest absolute Gasteiger partial charge is 0.0454 e. The van der Waals surface area contributed by atoms with Crippen molar-refractivity contribution in [3.8, 4) is 0 Å². The second-order valence-electron chi connectivity index (χ2n) is 1.44. The van der Waals surface area contributed by atoms with Crippen molar-refractivity contribution in [1.29, 1.82) is 0 Å². The van der Waals surface area contributed by atoms with Gasteiger partial charge in [0.05, 0.1) is 0 Å². The lowest BCUT2D eigenvalue weighted by atomic mass is 11.3. The monoisotopic (exact) mass is 260 g/mol. The predicted octanol–water partition coefficient (Wildman–Crippen LogP) is -0.00450. The van der Waals surface area contributed by atoms with E-state index in [1.807, 2.05) is 0 Å². The van der Waals surface area contributed by atoms with Gasteiger partial charge in [0.15, 0.2) is 0 Å². The molecule has 0 aliphatic carbocycles. The summed E-state index contributed by atoms with van der Waals surface area (Å²) in [5, 5.41) is 0. The van der Waals surface area contributed by atoms with Crippen molar-refractivity contribution in [3.05, 3.63) is 24.8 Å². The lowest BCUT2D eigenvalue weighted by Gasteiger charge is -2.23. The van der Waals surface area contributed by atoms with Gasteiger partial charge in [-0.3, -0.25) is 0 Å². The van der Waals surface area contributed by atoms with Crippen molar-refractivity contribution in [3.63, 3.8) is 0 Å². The van der Waals surface area contributed by atoms with Crippen LogP contribution in [0.1, 0.15) is 22.3 Å². The Morgan fingerprint density at radius 1 is 0.733 bits per heavy atom. The average Bonchev–Trinajstić information content (AvgIpc) is 1.86. The maximum absolute atomic E-state index is 9.35. The van der Waals surface area contributed by atoms with Crippen LogP contribution in [0.5, 0.6) is 0 Å². The van der Waals surface area contributed by atoms with Crippen LogP contribution in [-0.4, -0.2) is 0 Å². The van der Waals surface area contributed by atoms with Gasteiger partial charge in [0.1, 0.15) is 0 Å². The van der Waals surface area contributed by atoms with Crippen molar-refractivity contribution in [2.45, 2.75) is 22.3 Å². The third-order valence-electron chi connectivity index (χ3n) is 0.447. The minimum atomic E-state index is -4.38. The van der Waals surface area contributed by atoms with Gasteiger partial charge in [-0.15, -0.1) is 0 Å². The Labute approximate surface area is 91.7 Å². The SMILES string of the molecule is C.C.C.C=CP(=O)([O-])[O-].C=CP(=O)([O-])[O-]. The van der Waals surface area contributed by atoms with E-state index in [0.29, 0.717) is 11.6 Å². The highest BCUT2D eigenvalue weighted by Gasteiger charge is 1.69. The van der Waals surface area contributed by atoms with Gasteiger partial charge in [-0.25, -0.2) is 0 Å². The molecule has 0 aromatic heterocycles. The van der Waals surface area contributed by atoms with Gasteiger partial charge in [0, 0.05) is 0 Å². The number of hydrogen-bond donors (Lipinski definition) is 0. The molecule has 0 bridgehead atoms. The van der Waals surface area contributed by atoms with Crippen molar-refractivity contribution >= 4 is 15.2 Å². The number of hydrogen-bond acceptors (Lipinski definition) is 6. The molecular weight excluding hydrogens is 242 g/mol. The molecule has 0 aliphatic heterocycles. The van der Waals surface area contributed by atoms with E-state index in [2.05, 4.69) is 13.2 Å². The zero-order valence-electron chi connectivity index (χ0n) is 5.91. The summed E-state index contributed by atoms with van der Waals surface area (Å²) in [5.41, 5.74) is 0.